The van der Waals surface area contributed by atoms with Gasteiger partial charge in [-0.05, 0) is 6.42 Å². The molecule has 0 fully saturated rings. The van der Waals surface area contributed by atoms with E-state index in [1.807, 2.05) is 0 Å². The number of rotatable bonds is 5. The lowest BCUT2D eigenvalue weighted by Crippen LogP contribution is -2.55. The Labute approximate surface area is 82.4 Å². The largest absolute Gasteiger partial charge is 0.479 e. The quantitative estimate of drug-likeness (QED) is 0.449. The van der Waals surface area contributed by atoms with Crippen molar-refractivity contribution in [2.45, 2.75) is 18.9 Å². The number of hydrogen-bond acceptors (Lipinski definition) is 3. The summed E-state index contributed by atoms with van der Waals surface area (Å²) in [5.41, 5.74) is -1.32. The van der Waals surface area contributed by atoms with Crippen LogP contribution in [0.4, 0.5) is 0 Å². The fourth-order valence-corrected chi connectivity index (χ4v) is 1.29. The molecule has 0 rings (SSSR count). The van der Waals surface area contributed by atoms with Gasteiger partial charge in [0.15, 0.2) is 0 Å². The first-order valence-electron chi connectivity index (χ1n) is 3.72. The van der Waals surface area contributed by atoms with E-state index >= 15 is 0 Å². The molecule has 0 bridgehead atoms. The lowest BCUT2D eigenvalue weighted by Gasteiger charge is -2.26. The molecule has 2 N–H and O–H groups in total. The van der Waals surface area contributed by atoms with Gasteiger partial charge in [0.25, 0.3) is 0 Å². The number of amides is 1. The second kappa shape index (κ2) is 4.91. The average Bonchev–Trinajstić information content (AvgIpc) is 2.02. The van der Waals surface area contributed by atoms with Crippen LogP contribution in [0.25, 0.3) is 0 Å². The molecular weight excluding hydrogens is 190 g/mol. The van der Waals surface area contributed by atoms with Gasteiger partial charge in [0.2, 0.25) is 5.91 Å². The number of carbonyl (C=O) groups excluding carboxylic acids is 1. The summed E-state index contributed by atoms with van der Waals surface area (Å²) in [6.45, 7) is 4.70. The Morgan fingerprint density at radius 1 is 1.69 bits per heavy atom. The Hall–Kier alpha value is -0.970. The van der Waals surface area contributed by atoms with Crippen LogP contribution in [-0.2, 0) is 9.59 Å². The zero-order chi connectivity index (χ0) is 10.5. The molecule has 0 saturated heterocycles. The molecule has 0 heterocycles. The number of carboxylic acid groups (broad SMARTS) is 1. The van der Waals surface area contributed by atoms with Gasteiger partial charge in [-0.25, -0.2) is 4.79 Å². The predicted molar refractivity (Wildman–Crippen MR) is 52.9 cm³/mol. The number of carboxylic acids is 1. The molecule has 0 saturated carbocycles. The first kappa shape index (κ1) is 12.0. The topological polar surface area (TPSA) is 66.4 Å². The highest BCUT2D eigenvalue weighted by Crippen LogP contribution is 2.13. The van der Waals surface area contributed by atoms with Crippen molar-refractivity contribution in [2.75, 3.05) is 5.75 Å². The molecule has 0 spiro atoms. The summed E-state index contributed by atoms with van der Waals surface area (Å²) in [6.07, 6.45) is 1.60. The molecule has 0 aliphatic heterocycles. The molecule has 0 aliphatic rings. The Morgan fingerprint density at radius 3 is 2.46 bits per heavy atom. The van der Waals surface area contributed by atoms with Gasteiger partial charge in [0, 0.05) is 12.7 Å². The maximum Gasteiger partial charge on any atom is 0.330 e. The first-order valence-corrected chi connectivity index (χ1v) is 4.35. The normalized spacial score (nSPS) is 14.3. The maximum atomic E-state index is 10.9. The van der Waals surface area contributed by atoms with Gasteiger partial charge in [-0.2, -0.15) is 12.6 Å². The molecular formula is C8H13NO3S. The van der Waals surface area contributed by atoms with E-state index in [9.17, 15) is 9.59 Å². The van der Waals surface area contributed by atoms with Crippen LogP contribution in [0.15, 0.2) is 12.7 Å². The predicted octanol–water partition coefficient (Wildman–Crippen LogP) is 0.452. The number of carbonyl (C=O) groups is 2. The van der Waals surface area contributed by atoms with E-state index in [0.29, 0.717) is 0 Å². The minimum Gasteiger partial charge on any atom is -0.479 e. The number of hydrogen-bond donors (Lipinski definition) is 3. The average molecular weight is 203 g/mol. The van der Waals surface area contributed by atoms with Crippen LogP contribution < -0.4 is 5.32 Å². The molecule has 5 heteroatoms. The maximum absolute atomic E-state index is 10.9. The van der Waals surface area contributed by atoms with Gasteiger partial charge < -0.3 is 10.4 Å². The van der Waals surface area contributed by atoms with Gasteiger partial charge in [0.05, 0.1) is 0 Å². The highest BCUT2D eigenvalue weighted by molar-refractivity contribution is 7.80. The van der Waals surface area contributed by atoms with Crippen LogP contribution in [0, 0.1) is 0 Å². The van der Waals surface area contributed by atoms with Crippen LogP contribution in [0.1, 0.15) is 13.3 Å². The Kier molecular flexibility index (Phi) is 4.55. The first-order chi connectivity index (χ1) is 5.98. The van der Waals surface area contributed by atoms with E-state index in [1.54, 1.807) is 0 Å². The Morgan fingerprint density at radius 2 is 2.23 bits per heavy atom. The summed E-state index contributed by atoms with van der Waals surface area (Å²) < 4.78 is 0. The van der Waals surface area contributed by atoms with Crippen molar-refractivity contribution < 1.29 is 14.7 Å². The van der Waals surface area contributed by atoms with Crippen LogP contribution >= 0.6 is 12.6 Å². The second-order valence-electron chi connectivity index (χ2n) is 2.72. The number of aliphatic carboxylic acids is 1. The summed E-state index contributed by atoms with van der Waals surface area (Å²) in [5.74, 6) is -1.45. The third-order valence-corrected chi connectivity index (χ3v) is 2.13. The lowest BCUT2D eigenvalue weighted by molar-refractivity contribution is -0.146. The molecule has 0 aromatic rings. The van der Waals surface area contributed by atoms with Gasteiger partial charge in [0.1, 0.15) is 5.54 Å². The standard InChI is InChI=1S/C8H13NO3S/c1-3-4-8(5-13,7(11)12)9-6(2)10/h3,13H,1,4-5H2,2H3,(H,9,10)(H,11,12)/t8-/m0/s1. The lowest BCUT2D eigenvalue weighted by atomic mass is 9.98. The van der Waals surface area contributed by atoms with Gasteiger partial charge in [-0.3, -0.25) is 4.79 Å². The molecule has 0 aromatic heterocycles. The monoisotopic (exact) mass is 203 g/mol. The van der Waals surface area contributed by atoms with E-state index in [2.05, 4.69) is 24.5 Å². The van der Waals surface area contributed by atoms with Crippen LogP contribution in [0.2, 0.25) is 0 Å². The minimum atomic E-state index is -1.32. The van der Waals surface area contributed by atoms with E-state index in [-0.39, 0.29) is 12.2 Å². The molecule has 0 unspecified atom stereocenters. The number of nitrogens with one attached hydrogen (secondary N) is 1. The second-order valence-corrected chi connectivity index (χ2v) is 3.04. The molecule has 0 aromatic carbocycles. The minimum absolute atomic E-state index is 0.0356. The summed E-state index contributed by atoms with van der Waals surface area (Å²) in [7, 11) is 0. The van der Waals surface area contributed by atoms with Crippen molar-refractivity contribution in [3.63, 3.8) is 0 Å². The van der Waals surface area contributed by atoms with E-state index in [0.717, 1.165) is 0 Å². The fourth-order valence-electron chi connectivity index (χ4n) is 0.947. The van der Waals surface area contributed by atoms with Crippen molar-refractivity contribution in [2.24, 2.45) is 0 Å². The summed E-state index contributed by atoms with van der Waals surface area (Å²) >= 11 is 3.91. The summed E-state index contributed by atoms with van der Waals surface area (Å²) in [4.78, 5) is 21.6. The molecule has 1 atom stereocenters. The molecule has 0 radical (unpaired) electrons. The van der Waals surface area contributed by atoms with Gasteiger partial charge >= 0.3 is 5.97 Å². The molecule has 0 aliphatic carbocycles. The van der Waals surface area contributed by atoms with Gasteiger partial charge in [-0.1, -0.05) is 6.08 Å². The van der Waals surface area contributed by atoms with Crippen LogP contribution in [-0.4, -0.2) is 28.3 Å². The van der Waals surface area contributed by atoms with Crippen molar-refractivity contribution in [1.29, 1.82) is 0 Å². The van der Waals surface area contributed by atoms with Crippen molar-refractivity contribution >= 4 is 24.5 Å². The Balaban J connectivity index is 4.73. The molecule has 4 nitrogen and oxygen atoms in total. The van der Waals surface area contributed by atoms with Crippen molar-refractivity contribution in [1.82, 2.24) is 5.32 Å². The fraction of sp³-hybridized carbons (Fsp3) is 0.500. The highest BCUT2D eigenvalue weighted by atomic mass is 32.1. The van der Waals surface area contributed by atoms with Crippen molar-refractivity contribution in [3.05, 3.63) is 12.7 Å². The number of thiol groups is 1. The van der Waals surface area contributed by atoms with Crippen LogP contribution in [0.3, 0.4) is 0 Å². The van der Waals surface area contributed by atoms with Gasteiger partial charge in [-0.15, -0.1) is 6.58 Å². The third-order valence-electron chi connectivity index (χ3n) is 1.59. The smallest absolute Gasteiger partial charge is 0.330 e. The SMILES string of the molecule is C=CC[C@@](CS)(NC(C)=O)C(=O)O. The summed E-state index contributed by atoms with van der Waals surface area (Å²) in [6, 6.07) is 0. The highest BCUT2D eigenvalue weighted by Gasteiger charge is 2.36. The Bertz CT molecular complexity index is 229. The zero-order valence-corrected chi connectivity index (χ0v) is 8.30. The van der Waals surface area contributed by atoms with Crippen molar-refractivity contribution in [3.8, 4) is 0 Å². The van der Waals surface area contributed by atoms with E-state index in [1.165, 1.54) is 13.0 Å². The third kappa shape index (κ3) is 3.10. The van der Waals surface area contributed by atoms with E-state index in [4.69, 9.17) is 5.11 Å². The molecule has 13 heavy (non-hydrogen) atoms. The zero-order valence-electron chi connectivity index (χ0n) is 7.41. The molecule has 74 valence electrons. The van der Waals surface area contributed by atoms with E-state index < -0.39 is 17.4 Å². The van der Waals surface area contributed by atoms with Crippen LogP contribution in [0.5, 0.6) is 0 Å². The summed E-state index contributed by atoms with van der Waals surface area (Å²) in [5, 5.41) is 11.2. The molecule has 1 amide bonds.